The summed E-state index contributed by atoms with van der Waals surface area (Å²) in [4.78, 5) is 0. The van der Waals surface area contributed by atoms with Gasteiger partial charge in [0.1, 0.15) is 5.82 Å². The predicted molar refractivity (Wildman–Crippen MR) is 70.0 cm³/mol. The van der Waals surface area contributed by atoms with Crippen molar-refractivity contribution in [1.29, 1.82) is 0 Å². The van der Waals surface area contributed by atoms with E-state index in [9.17, 15) is 4.39 Å². The molecule has 2 rings (SSSR count). The van der Waals surface area contributed by atoms with Crippen LogP contribution in [0.3, 0.4) is 0 Å². The minimum atomic E-state index is -0.379. The first kappa shape index (κ1) is 13.1. The average Bonchev–Trinajstić information content (AvgIpc) is 2.75. The van der Waals surface area contributed by atoms with Crippen LogP contribution in [0.4, 0.5) is 4.39 Å². The topological polar surface area (TPSA) is 29.9 Å². The lowest BCUT2D eigenvalue weighted by atomic mass is 10.2. The fraction of sp³-hybridized carbons (Fsp3) is 0.308. The summed E-state index contributed by atoms with van der Waals surface area (Å²) in [6.45, 7) is 1.52. The summed E-state index contributed by atoms with van der Waals surface area (Å²) in [5, 5.41) is 7.56. The minimum absolute atomic E-state index is 0.168. The van der Waals surface area contributed by atoms with E-state index in [-0.39, 0.29) is 10.8 Å². The Hall–Kier alpha value is -1.39. The molecule has 0 aliphatic heterocycles. The summed E-state index contributed by atoms with van der Waals surface area (Å²) in [7, 11) is 1.93. The zero-order valence-corrected chi connectivity index (χ0v) is 10.9. The molecule has 0 aliphatic rings. The Labute approximate surface area is 111 Å². The van der Waals surface area contributed by atoms with Crippen LogP contribution in [0.1, 0.15) is 11.3 Å². The number of benzene rings is 1. The molecule has 18 heavy (non-hydrogen) atoms. The standard InChI is InChI=1S/C13H15ClFN3/c1-18-11(5-7-17-18)4-6-16-9-10-2-3-13(15)12(14)8-10/h2-3,5,7-8,16H,4,6,9H2,1H3. The lowest BCUT2D eigenvalue weighted by Gasteiger charge is -2.06. The fourth-order valence-electron chi connectivity index (χ4n) is 1.75. The molecule has 3 nitrogen and oxygen atoms in total. The quantitative estimate of drug-likeness (QED) is 0.844. The van der Waals surface area contributed by atoms with Crippen molar-refractivity contribution in [2.75, 3.05) is 6.54 Å². The van der Waals surface area contributed by atoms with Crippen molar-refractivity contribution in [3.05, 3.63) is 52.6 Å². The number of aryl methyl sites for hydroxylation is 1. The van der Waals surface area contributed by atoms with Crippen LogP contribution in [0.2, 0.25) is 5.02 Å². The Morgan fingerprint density at radius 1 is 1.39 bits per heavy atom. The summed E-state index contributed by atoms with van der Waals surface area (Å²) in [5.74, 6) is -0.379. The molecule has 0 saturated heterocycles. The SMILES string of the molecule is Cn1nccc1CCNCc1ccc(F)c(Cl)c1. The zero-order valence-electron chi connectivity index (χ0n) is 10.2. The Morgan fingerprint density at radius 3 is 2.89 bits per heavy atom. The smallest absolute Gasteiger partial charge is 0.141 e. The average molecular weight is 268 g/mol. The third-order valence-electron chi connectivity index (χ3n) is 2.79. The van der Waals surface area contributed by atoms with Crippen LogP contribution in [0.15, 0.2) is 30.5 Å². The van der Waals surface area contributed by atoms with Crippen LogP contribution in [0, 0.1) is 5.82 Å². The number of rotatable bonds is 5. The molecule has 0 unspecified atom stereocenters. The highest BCUT2D eigenvalue weighted by Gasteiger charge is 2.01. The molecule has 0 saturated carbocycles. The Morgan fingerprint density at radius 2 is 2.22 bits per heavy atom. The lowest BCUT2D eigenvalue weighted by Crippen LogP contribution is -2.17. The summed E-state index contributed by atoms with van der Waals surface area (Å²) >= 11 is 5.71. The van der Waals surface area contributed by atoms with Crippen LogP contribution in [-0.4, -0.2) is 16.3 Å². The number of halogens is 2. The van der Waals surface area contributed by atoms with Crippen molar-refractivity contribution in [2.45, 2.75) is 13.0 Å². The molecule has 5 heteroatoms. The van der Waals surface area contributed by atoms with Gasteiger partial charge in [-0.15, -0.1) is 0 Å². The van der Waals surface area contributed by atoms with Gasteiger partial charge >= 0.3 is 0 Å². The molecule has 96 valence electrons. The van der Waals surface area contributed by atoms with Crippen LogP contribution < -0.4 is 5.32 Å². The first-order valence-corrected chi connectivity index (χ1v) is 6.16. The van der Waals surface area contributed by atoms with Gasteiger partial charge in [-0.1, -0.05) is 17.7 Å². The van der Waals surface area contributed by atoms with E-state index in [1.165, 1.54) is 11.8 Å². The van der Waals surface area contributed by atoms with Crippen molar-refractivity contribution in [3.63, 3.8) is 0 Å². The van der Waals surface area contributed by atoms with Gasteiger partial charge in [0, 0.05) is 38.4 Å². The maximum Gasteiger partial charge on any atom is 0.141 e. The molecule has 0 spiro atoms. The molecule has 0 bridgehead atoms. The second-order valence-electron chi connectivity index (χ2n) is 4.12. The lowest BCUT2D eigenvalue weighted by molar-refractivity contribution is 0.623. The predicted octanol–water partition coefficient (Wildman–Crippen LogP) is 2.54. The van der Waals surface area contributed by atoms with E-state index in [0.717, 1.165) is 18.5 Å². The van der Waals surface area contributed by atoms with Crippen molar-refractivity contribution in [2.24, 2.45) is 7.05 Å². The van der Waals surface area contributed by atoms with E-state index < -0.39 is 0 Å². The molecule has 1 N–H and O–H groups in total. The van der Waals surface area contributed by atoms with Gasteiger partial charge in [-0.3, -0.25) is 4.68 Å². The Balaban J connectivity index is 1.78. The van der Waals surface area contributed by atoms with Crippen molar-refractivity contribution in [3.8, 4) is 0 Å². The number of nitrogens with zero attached hydrogens (tertiary/aromatic N) is 2. The van der Waals surface area contributed by atoms with E-state index in [0.29, 0.717) is 6.54 Å². The highest BCUT2D eigenvalue weighted by atomic mass is 35.5. The molecule has 1 aromatic heterocycles. The van der Waals surface area contributed by atoms with Gasteiger partial charge in [0.05, 0.1) is 5.02 Å². The van der Waals surface area contributed by atoms with E-state index in [4.69, 9.17) is 11.6 Å². The largest absolute Gasteiger partial charge is 0.312 e. The van der Waals surface area contributed by atoms with E-state index in [1.54, 1.807) is 18.3 Å². The third-order valence-corrected chi connectivity index (χ3v) is 3.08. The van der Waals surface area contributed by atoms with Gasteiger partial charge in [-0.05, 0) is 23.8 Å². The number of nitrogens with one attached hydrogen (secondary N) is 1. The summed E-state index contributed by atoms with van der Waals surface area (Å²) in [6.07, 6.45) is 2.69. The molecule has 0 amide bonds. The van der Waals surface area contributed by atoms with Gasteiger partial charge in [-0.25, -0.2) is 4.39 Å². The molecule has 1 aromatic carbocycles. The van der Waals surface area contributed by atoms with Crippen molar-refractivity contribution in [1.82, 2.24) is 15.1 Å². The highest BCUT2D eigenvalue weighted by Crippen LogP contribution is 2.15. The number of aromatic nitrogens is 2. The maximum atomic E-state index is 13.0. The second-order valence-corrected chi connectivity index (χ2v) is 4.53. The molecular formula is C13H15ClFN3. The van der Waals surface area contributed by atoms with Crippen LogP contribution >= 0.6 is 11.6 Å². The van der Waals surface area contributed by atoms with Gasteiger partial charge in [0.2, 0.25) is 0 Å². The second kappa shape index (κ2) is 5.98. The first-order valence-electron chi connectivity index (χ1n) is 5.78. The molecule has 1 heterocycles. The monoisotopic (exact) mass is 267 g/mol. The van der Waals surface area contributed by atoms with E-state index >= 15 is 0 Å². The summed E-state index contributed by atoms with van der Waals surface area (Å²) < 4.78 is 14.8. The van der Waals surface area contributed by atoms with E-state index in [2.05, 4.69) is 10.4 Å². The molecular weight excluding hydrogens is 253 g/mol. The summed E-state index contributed by atoms with van der Waals surface area (Å²) in [6, 6.07) is 6.77. The van der Waals surface area contributed by atoms with Gasteiger partial charge in [-0.2, -0.15) is 5.10 Å². The molecule has 0 radical (unpaired) electrons. The third kappa shape index (κ3) is 3.31. The van der Waals surface area contributed by atoms with Gasteiger partial charge < -0.3 is 5.32 Å². The first-order chi connectivity index (χ1) is 8.66. The molecule has 0 aliphatic carbocycles. The van der Waals surface area contributed by atoms with Crippen LogP contribution in [-0.2, 0) is 20.0 Å². The number of hydrogen-bond donors (Lipinski definition) is 1. The van der Waals surface area contributed by atoms with Crippen molar-refractivity contribution >= 4 is 11.6 Å². The van der Waals surface area contributed by atoms with Crippen molar-refractivity contribution < 1.29 is 4.39 Å². The fourth-order valence-corrected chi connectivity index (χ4v) is 1.95. The van der Waals surface area contributed by atoms with Crippen LogP contribution in [0.5, 0.6) is 0 Å². The van der Waals surface area contributed by atoms with Gasteiger partial charge in [0.15, 0.2) is 0 Å². The summed E-state index contributed by atoms with van der Waals surface area (Å²) in [5.41, 5.74) is 2.16. The maximum absolute atomic E-state index is 13.0. The molecule has 2 aromatic rings. The molecule has 0 fully saturated rings. The Kier molecular flexibility index (Phi) is 4.33. The van der Waals surface area contributed by atoms with E-state index in [1.807, 2.05) is 17.8 Å². The number of hydrogen-bond acceptors (Lipinski definition) is 2. The zero-order chi connectivity index (χ0) is 13.0. The Bertz CT molecular complexity index is 525. The minimum Gasteiger partial charge on any atom is -0.312 e. The normalized spacial score (nSPS) is 10.8. The molecule has 0 atom stereocenters. The van der Waals surface area contributed by atoms with Crippen LogP contribution in [0.25, 0.3) is 0 Å². The van der Waals surface area contributed by atoms with Gasteiger partial charge in [0.25, 0.3) is 0 Å². The highest BCUT2D eigenvalue weighted by molar-refractivity contribution is 6.30.